The molecule has 0 unspecified atom stereocenters. The van der Waals surface area contributed by atoms with Crippen LogP contribution < -0.4 is 5.32 Å². The van der Waals surface area contributed by atoms with Crippen molar-refractivity contribution in [1.82, 2.24) is 15.2 Å². The van der Waals surface area contributed by atoms with Gasteiger partial charge in [0.15, 0.2) is 0 Å². The summed E-state index contributed by atoms with van der Waals surface area (Å²) in [5.74, 6) is -0.761. The normalized spacial score (nSPS) is 18.0. The average molecular weight is 279 g/mol. The van der Waals surface area contributed by atoms with Gasteiger partial charge in [-0.15, -0.1) is 0 Å². The van der Waals surface area contributed by atoms with Gasteiger partial charge in [0.1, 0.15) is 0 Å². The molecule has 0 aromatic carbocycles. The van der Waals surface area contributed by atoms with Gasteiger partial charge in [0.05, 0.1) is 5.56 Å². The minimum absolute atomic E-state index is 0.0430. The molecule has 0 bridgehead atoms. The zero-order valence-electron chi connectivity index (χ0n) is 12.2. The van der Waals surface area contributed by atoms with Crippen molar-refractivity contribution in [2.75, 3.05) is 20.6 Å². The second-order valence-electron chi connectivity index (χ2n) is 5.73. The maximum Gasteiger partial charge on any atom is 0.252 e. The number of nitrogens with zero attached hydrogens (tertiary/aromatic N) is 2. The van der Waals surface area contributed by atoms with Crippen LogP contribution in [0.2, 0.25) is 0 Å². The van der Waals surface area contributed by atoms with Crippen molar-refractivity contribution in [2.24, 2.45) is 0 Å². The van der Waals surface area contributed by atoms with E-state index in [4.69, 9.17) is 0 Å². The number of amides is 1. The second-order valence-corrected chi connectivity index (χ2v) is 5.73. The number of pyridine rings is 1. The number of carbonyl (C=O) groups excluding carboxylic acids is 1. The number of hydrogen-bond donors (Lipinski definition) is 1. The predicted molar refractivity (Wildman–Crippen MR) is 76.0 cm³/mol. The third-order valence-electron chi connectivity index (χ3n) is 4.30. The lowest BCUT2D eigenvalue weighted by Crippen LogP contribution is -2.53. The first-order chi connectivity index (χ1) is 9.53. The first-order valence-electron chi connectivity index (χ1n) is 7.11. The van der Waals surface area contributed by atoms with Gasteiger partial charge in [-0.1, -0.05) is 19.3 Å². The van der Waals surface area contributed by atoms with Gasteiger partial charge >= 0.3 is 0 Å². The number of likely N-dealkylation sites (N-methyl/N-ethyl adjacent to an activating group) is 1. The number of aromatic nitrogens is 1. The Balaban J connectivity index is 1.98. The van der Waals surface area contributed by atoms with Crippen LogP contribution in [-0.2, 0) is 0 Å². The molecule has 0 spiro atoms. The van der Waals surface area contributed by atoms with Gasteiger partial charge in [0.25, 0.3) is 5.91 Å². The van der Waals surface area contributed by atoms with Gasteiger partial charge in [-0.2, -0.15) is 4.39 Å². The molecule has 1 heterocycles. The lowest BCUT2D eigenvalue weighted by molar-refractivity contribution is 0.0799. The molecule has 1 fully saturated rings. The maximum atomic E-state index is 12.7. The zero-order chi connectivity index (χ0) is 14.6. The van der Waals surface area contributed by atoms with Crippen molar-refractivity contribution in [3.8, 4) is 0 Å². The van der Waals surface area contributed by atoms with Crippen LogP contribution in [0.1, 0.15) is 42.5 Å². The SMILES string of the molecule is CN(C)C1(CNC(=O)c2ccc(F)nc2)CCCCC1. The van der Waals surface area contributed by atoms with Crippen LogP contribution in [-0.4, -0.2) is 42.0 Å². The Bertz CT molecular complexity index is 453. The van der Waals surface area contributed by atoms with Crippen molar-refractivity contribution in [2.45, 2.75) is 37.6 Å². The first kappa shape index (κ1) is 14.9. The molecular weight excluding hydrogens is 257 g/mol. The van der Waals surface area contributed by atoms with E-state index in [1.807, 2.05) is 0 Å². The van der Waals surface area contributed by atoms with E-state index >= 15 is 0 Å². The topological polar surface area (TPSA) is 45.2 Å². The molecule has 1 aliphatic rings. The number of nitrogens with one attached hydrogen (secondary N) is 1. The number of hydrogen-bond acceptors (Lipinski definition) is 3. The smallest absolute Gasteiger partial charge is 0.252 e. The zero-order valence-corrected chi connectivity index (χ0v) is 12.2. The Morgan fingerprint density at radius 1 is 1.35 bits per heavy atom. The minimum atomic E-state index is -0.571. The summed E-state index contributed by atoms with van der Waals surface area (Å²) < 4.78 is 12.7. The molecule has 1 aliphatic carbocycles. The fraction of sp³-hybridized carbons (Fsp3) is 0.600. The van der Waals surface area contributed by atoms with Crippen LogP contribution >= 0.6 is 0 Å². The van der Waals surface area contributed by atoms with Gasteiger partial charge in [0.2, 0.25) is 5.95 Å². The Hall–Kier alpha value is -1.49. The highest BCUT2D eigenvalue weighted by Gasteiger charge is 2.34. The lowest BCUT2D eigenvalue weighted by Gasteiger charge is -2.43. The summed E-state index contributed by atoms with van der Waals surface area (Å²) in [6.07, 6.45) is 7.14. The Morgan fingerprint density at radius 3 is 2.60 bits per heavy atom. The summed E-state index contributed by atoms with van der Waals surface area (Å²) in [6.45, 7) is 0.621. The largest absolute Gasteiger partial charge is 0.350 e. The van der Waals surface area contributed by atoms with Crippen molar-refractivity contribution >= 4 is 5.91 Å². The fourth-order valence-electron chi connectivity index (χ4n) is 2.85. The van der Waals surface area contributed by atoms with E-state index < -0.39 is 5.95 Å². The molecule has 0 atom stereocenters. The molecule has 1 saturated carbocycles. The number of rotatable bonds is 4. The molecule has 1 N–H and O–H groups in total. The van der Waals surface area contributed by atoms with E-state index in [9.17, 15) is 9.18 Å². The van der Waals surface area contributed by atoms with Gasteiger partial charge in [0, 0.05) is 18.3 Å². The summed E-state index contributed by atoms with van der Waals surface area (Å²) in [6, 6.07) is 2.66. The standard InChI is InChI=1S/C15H22FN3O/c1-19(2)15(8-4-3-5-9-15)11-18-14(20)12-6-7-13(16)17-10-12/h6-7,10H,3-5,8-9,11H2,1-2H3,(H,18,20). The summed E-state index contributed by atoms with van der Waals surface area (Å²) >= 11 is 0. The van der Waals surface area contributed by atoms with E-state index in [0.29, 0.717) is 12.1 Å². The molecule has 4 nitrogen and oxygen atoms in total. The van der Waals surface area contributed by atoms with Crippen LogP contribution in [0.15, 0.2) is 18.3 Å². The van der Waals surface area contributed by atoms with Gasteiger partial charge in [-0.05, 0) is 39.1 Å². The minimum Gasteiger partial charge on any atom is -0.350 e. The quantitative estimate of drug-likeness (QED) is 0.860. The summed E-state index contributed by atoms with van der Waals surface area (Å²) in [4.78, 5) is 17.8. The molecule has 2 rings (SSSR count). The van der Waals surface area contributed by atoms with Gasteiger partial charge < -0.3 is 10.2 Å². The predicted octanol–water partition coefficient (Wildman–Crippen LogP) is 2.21. The molecule has 1 aromatic rings. The molecule has 20 heavy (non-hydrogen) atoms. The Morgan fingerprint density at radius 2 is 2.05 bits per heavy atom. The number of carbonyl (C=O) groups is 1. The Kier molecular flexibility index (Phi) is 4.70. The molecular formula is C15H22FN3O. The molecule has 0 aliphatic heterocycles. The van der Waals surface area contributed by atoms with Crippen molar-refractivity contribution in [3.05, 3.63) is 29.8 Å². The molecule has 1 amide bonds. The molecule has 5 heteroatoms. The first-order valence-corrected chi connectivity index (χ1v) is 7.11. The fourth-order valence-corrected chi connectivity index (χ4v) is 2.85. The van der Waals surface area contributed by atoms with E-state index in [2.05, 4.69) is 29.3 Å². The highest BCUT2D eigenvalue weighted by molar-refractivity contribution is 5.93. The molecule has 110 valence electrons. The van der Waals surface area contributed by atoms with Crippen LogP contribution in [0.3, 0.4) is 0 Å². The average Bonchev–Trinajstić information content (AvgIpc) is 2.46. The maximum absolute atomic E-state index is 12.7. The van der Waals surface area contributed by atoms with E-state index in [1.165, 1.54) is 37.6 Å². The summed E-state index contributed by atoms with van der Waals surface area (Å²) in [5, 5.41) is 2.97. The van der Waals surface area contributed by atoms with Crippen LogP contribution in [0.5, 0.6) is 0 Å². The van der Waals surface area contributed by atoms with Crippen LogP contribution in [0.4, 0.5) is 4.39 Å². The summed E-state index contributed by atoms with van der Waals surface area (Å²) in [7, 11) is 4.13. The molecule has 0 radical (unpaired) electrons. The monoisotopic (exact) mass is 279 g/mol. The molecule has 0 saturated heterocycles. The van der Waals surface area contributed by atoms with E-state index in [-0.39, 0.29) is 11.4 Å². The highest BCUT2D eigenvalue weighted by atomic mass is 19.1. The van der Waals surface area contributed by atoms with Crippen LogP contribution in [0, 0.1) is 5.95 Å². The van der Waals surface area contributed by atoms with Crippen molar-refractivity contribution in [1.29, 1.82) is 0 Å². The third-order valence-corrected chi connectivity index (χ3v) is 4.30. The van der Waals surface area contributed by atoms with Crippen molar-refractivity contribution in [3.63, 3.8) is 0 Å². The summed E-state index contributed by atoms with van der Waals surface area (Å²) in [5.41, 5.74) is 0.442. The third kappa shape index (κ3) is 3.33. The van der Waals surface area contributed by atoms with Crippen molar-refractivity contribution < 1.29 is 9.18 Å². The lowest BCUT2D eigenvalue weighted by atomic mass is 9.80. The van der Waals surface area contributed by atoms with E-state index in [1.54, 1.807) is 0 Å². The van der Waals surface area contributed by atoms with Crippen LogP contribution in [0.25, 0.3) is 0 Å². The van der Waals surface area contributed by atoms with Gasteiger partial charge in [-0.25, -0.2) is 4.98 Å². The Labute approximate surface area is 119 Å². The van der Waals surface area contributed by atoms with Gasteiger partial charge in [-0.3, -0.25) is 4.79 Å². The second kappa shape index (κ2) is 6.31. The highest BCUT2D eigenvalue weighted by Crippen LogP contribution is 2.31. The number of halogens is 1. The molecule has 1 aromatic heterocycles. The van der Waals surface area contributed by atoms with E-state index in [0.717, 1.165) is 12.8 Å².